The van der Waals surface area contributed by atoms with E-state index < -0.39 is 16.1 Å². The number of halogens is 4. The van der Waals surface area contributed by atoms with Gasteiger partial charge in [-0.25, -0.2) is 0 Å². The number of hydroxylamine groups is 1. The predicted molar refractivity (Wildman–Crippen MR) is 105 cm³/mol. The molecular weight excluding hydrogens is 658 g/mol. The van der Waals surface area contributed by atoms with Crippen LogP contribution >= 0.6 is 79.9 Å². The summed E-state index contributed by atoms with van der Waals surface area (Å²) in [7, 11) is 0. The van der Waals surface area contributed by atoms with E-state index in [1.54, 1.807) is 0 Å². The van der Waals surface area contributed by atoms with Gasteiger partial charge in [-0.15, -0.1) is 0 Å². The van der Waals surface area contributed by atoms with Crippen molar-refractivity contribution in [3.05, 3.63) is 0 Å². The fraction of sp³-hybridized carbons (Fsp3) is 1.00. The Balaban J connectivity index is 2.61. The van der Waals surface area contributed by atoms with Crippen molar-refractivity contribution in [1.82, 2.24) is 3.28 Å². The fourth-order valence-electron chi connectivity index (χ4n) is 2.12. The minimum atomic E-state index is -1.07. The molecule has 0 aliphatic heterocycles. The maximum absolute atomic E-state index is 6.40. The van der Waals surface area contributed by atoms with Gasteiger partial charge in [0, 0.05) is 0 Å². The van der Waals surface area contributed by atoms with Gasteiger partial charge < -0.3 is 0 Å². The summed E-state index contributed by atoms with van der Waals surface area (Å²) in [5, 5.41) is 0. The number of alkyl halides is 3. The van der Waals surface area contributed by atoms with E-state index in [1.165, 1.54) is 25.7 Å². The molecule has 6 heteroatoms. The van der Waals surface area contributed by atoms with Crippen molar-refractivity contribution in [3.63, 3.8) is 0 Å². The van der Waals surface area contributed by atoms with Crippen LogP contribution in [0.5, 0.6) is 0 Å². The predicted octanol–water partition coefficient (Wildman–Crippen LogP) is 5.74. The molecule has 0 bridgehead atoms. The summed E-state index contributed by atoms with van der Waals surface area (Å²) < 4.78 is 2.77. The standard InChI is InChI=1S/C10H19I4NO/c1-4-6-10(7-8(10)5-2)16-15(9(11)12)14(3)13/h8-9H,4-7H2,1-3H3. The second kappa shape index (κ2) is 7.58. The molecule has 2 nitrogen and oxygen atoms in total. The van der Waals surface area contributed by atoms with Crippen molar-refractivity contribution in [2.75, 3.05) is 4.93 Å². The van der Waals surface area contributed by atoms with Gasteiger partial charge in [0.05, 0.1) is 0 Å². The zero-order valence-corrected chi connectivity index (χ0v) is 18.5. The second-order valence-corrected chi connectivity index (χ2v) is 19.9. The van der Waals surface area contributed by atoms with Crippen molar-refractivity contribution in [2.24, 2.45) is 5.92 Å². The molecule has 98 valence electrons. The van der Waals surface area contributed by atoms with Crippen LogP contribution in [-0.4, -0.2) is 15.9 Å². The summed E-state index contributed by atoms with van der Waals surface area (Å²) in [5.41, 5.74) is 0.203. The number of hydrogen-bond donors (Lipinski definition) is 0. The van der Waals surface area contributed by atoms with E-state index in [1.807, 2.05) is 0 Å². The number of rotatable bonds is 7. The molecule has 1 saturated carbocycles. The monoisotopic (exact) mass is 677 g/mol. The summed E-state index contributed by atoms with van der Waals surface area (Å²) in [6.07, 6.45) is 4.99. The molecule has 16 heavy (non-hydrogen) atoms. The first-order chi connectivity index (χ1) is 7.46. The summed E-state index contributed by atoms with van der Waals surface area (Å²) in [5.74, 6) is 0.800. The van der Waals surface area contributed by atoms with Crippen molar-refractivity contribution < 1.29 is 4.84 Å². The third-order valence-corrected chi connectivity index (χ3v) is 10.6. The fourth-order valence-corrected chi connectivity index (χ4v) is 15.1. The molecule has 2 atom stereocenters. The van der Waals surface area contributed by atoms with Crippen LogP contribution in [-0.2, 0) is 4.84 Å². The topological polar surface area (TPSA) is 12.5 Å². The van der Waals surface area contributed by atoms with Crippen LogP contribution < -0.4 is 0 Å². The molecule has 0 N–H and O–H groups in total. The van der Waals surface area contributed by atoms with Crippen LogP contribution in [0.4, 0.5) is 0 Å². The van der Waals surface area contributed by atoms with Gasteiger partial charge in [-0.1, -0.05) is 0 Å². The molecule has 0 saturated heterocycles. The summed E-state index contributed by atoms with van der Waals surface area (Å²) in [6.45, 7) is 4.55. The molecule has 2 unspecified atom stereocenters. The molecule has 0 heterocycles. The quantitative estimate of drug-likeness (QED) is 0.112. The van der Waals surface area contributed by atoms with Gasteiger partial charge in [0.2, 0.25) is 0 Å². The molecule has 0 radical (unpaired) electrons. The number of hydrogen-bond acceptors (Lipinski definition) is 2. The Hall–Kier alpha value is 2.84. The minimum absolute atomic E-state index is 0.203. The zero-order valence-electron chi connectivity index (χ0n) is 9.85. The Morgan fingerprint density at radius 3 is 2.44 bits per heavy atom. The summed E-state index contributed by atoms with van der Waals surface area (Å²) in [4.78, 5) is 8.74. The van der Waals surface area contributed by atoms with E-state index in [9.17, 15) is 0 Å². The van der Waals surface area contributed by atoms with Crippen LogP contribution in [0.25, 0.3) is 0 Å². The van der Waals surface area contributed by atoms with Crippen LogP contribution in [0, 0.1) is 5.92 Å². The maximum atomic E-state index is 6.40. The molecule has 0 spiro atoms. The third-order valence-electron chi connectivity index (χ3n) is 2.99. The van der Waals surface area contributed by atoms with E-state index in [0.717, 1.165) is 5.92 Å². The van der Waals surface area contributed by atoms with Crippen molar-refractivity contribution in [2.45, 2.75) is 47.2 Å². The Kier molecular flexibility index (Phi) is 8.00. The van der Waals surface area contributed by atoms with Crippen LogP contribution in [0.2, 0.25) is 0 Å². The molecule has 0 aromatic heterocycles. The first-order valence-corrected chi connectivity index (χ1v) is 17.4. The summed E-state index contributed by atoms with van der Waals surface area (Å²) >= 11 is 6.43. The van der Waals surface area contributed by atoms with Gasteiger partial charge in [-0.3, -0.25) is 0 Å². The van der Waals surface area contributed by atoms with Gasteiger partial charge in [0.25, 0.3) is 0 Å². The molecule has 1 aliphatic rings. The van der Waals surface area contributed by atoms with Crippen molar-refractivity contribution in [3.8, 4) is 0 Å². The SMILES string of the molecule is CCCC1(ON(C(I)I)I(C)I)CC1CC. The average Bonchev–Trinajstić information content (AvgIpc) is 2.88. The van der Waals surface area contributed by atoms with E-state index in [0.29, 0.717) is 2.06 Å². The first-order valence-electron chi connectivity index (χ1n) is 5.50. The molecule has 1 fully saturated rings. The van der Waals surface area contributed by atoms with Crippen LogP contribution in [0.1, 0.15) is 39.5 Å². The van der Waals surface area contributed by atoms with Crippen molar-refractivity contribution in [1.29, 1.82) is 0 Å². The molecule has 1 aliphatic carbocycles. The van der Waals surface area contributed by atoms with E-state index >= 15 is 0 Å². The Morgan fingerprint density at radius 1 is 1.50 bits per heavy atom. The van der Waals surface area contributed by atoms with Gasteiger partial charge >= 0.3 is 146 Å². The van der Waals surface area contributed by atoms with Crippen LogP contribution in [0.3, 0.4) is 0 Å². The Bertz CT molecular complexity index is 219. The van der Waals surface area contributed by atoms with E-state index in [-0.39, 0.29) is 5.60 Å². The number of nitrogens with zero attached hydrogens (tertiary/aromatic N) is 1. The average molecular weight is 677 g/mol. The first kappa shape index (κ1) is 16.9. The van der Waals surface area contributed by atoms with E-state index in [4.69, 9.17) is 4.84 Å². The molecule has 0 aromatic carbocycles. The third kappa shape index (κ3) is 4.44. The molecule has 0 aromatic rings. The molecular formula is C10H19I4NO. The van der Waals surface area contributed by atoms with Gasteiger partial charge in [-0.2, -0.15) is 0 Å². The van der Waals surface area contributed by atoms with Gasteiger partial charge in [-0.05, 0) is 0 Å². The van der Waals surface area contributed by atoms with E-state index in [2.05, 4.69) is 85.9 Å². The Labute approximate surface area is 144 Å². The van der Waals surface area contributed by atoms with Crippen molar-refractivity contribution >= 4 is 79.9 Å². The normalized spacial score (nSPS) is 30.0. The summed E-state index contributed by atoms with van der Waals surface area (Å²) in [6, 6.07) is 0. The molecule has 1 rings (SSSR count). The van der Waals surface area contributed by atoms with Crippen LogP contribution in [0.15, 0.2) is 0 Å². The Morgan fingerprint density at radius 2 is 2.12 bits per heavy atom. The van der Waals surface area contributed by atoms with Gasteiger partial charge in [0.1, 0.15) is 0 Å². The molecule has 0 amide bonds. The second-order valence-electron chi connectivity index (χ2n) is 4.14. The van der Waals surface area contributed by atoms with Gasteiger partial charge in [0.15, 0.2) is 0 Å². The zero-order chi connectivity index (χ0) is 12.3.